The smallest absolute Gasteiger partial charge is 0.0105 e. The fraction of sp³-hybridized carbons (Fsp3) is 1.00. The molecular weight excluding hydrogens is 172 g/mol. The van der Waals surface area contributed by atoms with Gasteiger partial charge in [-0.05, 0) is 44.1 Å². The van der Waals surface area contributed by atoms with Crippen LogP contribution in [0.4, 0.5) is 0 Å². The van der Waals surface area contributed by atoms with Gasteiger partial charge >= 0.3 is 0 Å². The maximum Gasteiger partial charge on any atom is 0.0105 e. The third-order valence-corrected chi connectivity index (χ3v) is 4.24. The lowest BCUT2D eigenvalue weighted by Gasteiger charge is -2.27. The minimum absolute atomic E-state index is 0.769. The summed E-state index contributed by atoms with van der Waals surface area (Å²) in [4.78, 5) is 2.71. The molecule has 0 aromatic carbocycles. The van der Waals surface area contributed by atoms with Gasteiger partial charge in [0.2, 0.25) is 0 Å². The van der Waals surface area contributed by atoms with E-state index in [0.717, 1.165) is 24.4 Å². The number of likely N-dealkylation sites (tertiary alicyclic amines) is 1. The number of nitrogens with two attached hydrogens (primary N) is 1. The second-order valence-electron chi connectivity index (χ2n) is 5.04. The van der Waals surface area contributed by atoms with E-state index in [2.05, 4.69) is 11.8 Å². The summed E-state index contributed by atoms with van der Waals surface area (Å²) in [5, 5.41) is 0. The number of rotatable bonds is 4. The first-order chi connectivity index (χ1) is 6.85. The predicted octanol–water partition coefficient (Wildman–Crippen LogP) is 1.85. The lowest BCUT2D eigenvalue weighted by Crippen LogP contribution is -2.35. The molecule has 2 nitrogen and oxygen atoms in total. The van der Waals surface area contributed by atoms with E-state index >= 15 is 0 Å². The number of hydrogen-bond acceptors (Lipinski definition) is 2. The van der Waals surface area contributed by atoms with Gasteiger partial charge < -0.3 is 5.73 Å². The van der Waals surface area contributed by atoms with Gasteiger partial charge in [-0.3, -0.25) is 4.90 Å². The van der Waals surface area contributed by atoms with Gasteiger partial charge in [-0.2, -0.15) is 0 Å². The van der Waals surface area contributed by atoms with E-state index < -0.39 is 0 Å². The summed E-state index contributed by atoms with van der Waals surface area (Å²) in [6, 6.07) is 0.769. The average molecular weight is 196 g/mol. The van der Waals surface area contributed by atoms with Gasteiger partial charge in [-0.15, -0.1) is 0 Å². The van der Waals surface area contributed by atoms with Gasteiger partial charge in [0.1, 0.15) is 0 Å². The van der Waals surface area contributed by atoms with Crippen LogP contribution >= 0.6 is 0 Å². The maximum absolute atomic E-state index is 5.66. The third kappa shape index (κ3) is 1.96. The highest BCUT2D eigenvalue weighted by Crippen LogP contribution is 2.38. The molecule has 0 amide bonds. The van der Waals surface area contributed by atoms with Crippen LogP contribution < -0.4 is 5.73 Å². The van der Waals surface area contributed by atoms with Crippen LogP contribution in [-0.2, 0) is 0 Å². The Kier molecular flexibility index (Phi) is 3.45. The summed E-state index contributed by atoms with van der Waals surface area (Å²) < 4.78 is 0. The standard InChI is InChI=1S/C12H24N2/c1-2-12(6-7-13)14-8-10-4-3-5-11(10)9-14/h10-12H,2-9,13H2,1H3. The Bertz CT molecular complexity index is 169. The zero-order valence-corrected chi connectivity index (χ0v) is 9.41. The molecule has 0 aromatic rings. The summed E-state index contributed by atoms with van der Waals surface area (Å²) in [7, 11) is 0. The van der Waals surface area contributed by atoms with E-state index in [1.165, 1.54) is 45.2 Å². The fourth-order valence-corrected chi connectivity index (χ4v) is 3.41. The Morgan fingerprint density at radius 3 is 2.43 bits per heavy atom. The van der Waals surface area contributed by atoms with Crippen LogP contribution in [0, 0.1) is 11.8 Å². The van der Waals surface area contributed by atoms with Crippen molar-refractivity contribution in [2.75, 3.05) is 19.6 Å². The molecule has 0 bridgehead atoms. The van der Waals surface area contributed by atoms with Crippen LogP contribution in [0.15, 0.2) is 0 Å². The molecule has 2 aliphatic rings. The molecule has 1 aliphatic heterocycles. The molecule has 1 aliphatic carbocycles. The lowest BCUT2D eigenvalue weighted by atomic mass is 10.0. The van der Waals surface area contributed by atoms with Crippen LogP contribution in [0.5, 0.6) is 0 Å². The van der Waals surface area contributed by atoms with Crippen LogP contribution in [0.1, 0.15) is 39.0 Å². The molecule has 0 spiro atoms. The van der Waals surface area contributed by atoms with Crippen molar-refractivity contribution < 1.29 is 0 Å². The van der Waals surface area contributed by atoms with Crippen molar-refractivity contribution in [2.45, 2.75) is 45.1 Å². The summed E-state index contributed by atoms with van der Waals surface area (Å²) >= 11 is 0. The van der Waals surface area contributed by atoms with Gasteiger partial charge in [0.25, 0.3) is 0 Å². The SMILES string of the molecule is CCC(CCN)N1CC2CCCC2C1. The molecule has 2 heteroatoms. The van der Waals surface area contributed by atoms with Gasteiger partial charge in [-0.25, -0.2) is 0 Å². The quantitative estimate of drug-likeness (QED) is 0.743. The zero-order chi connectivity index (χ0) is 9.97. The Hall–Kier alpha value is -0.0800. The largest absolute Gasteiger partial charge is 0.330 e. The van der Waals surface area contributed by atoms with E-state index in [1.807, 2.05) is 0 Å². The van der Waals surface area contributed by atoms with Crippen LogP contribution in [0.3, 0.4) is 0 Å². The molecule has 0 aromatic heterocycles. The van der Waals surface area contributed by atoms with Gasteiger partial charge in [0, 0.05) is 19.1 Å². The summed E-state index contributed by atoms with van der Waals surface area (Å²) in [5.74, 6) is 2.06. The Labute approximate surface area is 87.8 Å². The molecule has 1 saturated carbocycles. The first kappa shape index (κ1) is 10.4. The maximum atomic E-state index is 5.66. The van der Waals surface area contributed by atoms with Crippen LogP contribution in [-0.4, -0.2) is 30.6 Å². The Balaban J connectivity index is 1.87. The second kappa shape index (κ2) is 4.63. The Morgan fingerprint density at radius 2 is 1.93 bits per heavy atom. The van der Waals surface area contributed by atoms with Crippen molar-refractivity contribution in [1.82, 2.24) is 4.90 Å². The third-order valence-electron chi connectivity index (χ3n) is 4.24. The summed E-state index contributed by atoms with van der Waals surface area (Å²) in [6.07, 6.45) is 6.92. The van der Waals surface area contributed by atoms with Gasteiger partial charge in [0.05, 0.1) is 0 Å². The molecule has 1 heterocycles. The lowest BCUT2D eigenvalue weighted by molar-refractivity contribution is 0.210. The van der Waals surface area contributed by atoms with Crippen molar-refractivity contribution in [2.24, 2.45) is 17.6 Å². The van der Waals surface area contributed by atoms with Crippen molar-refractivity contribution in [1.29, 1.82) is 0 Å². The molecule has 3 atom stereocenters. The predicted molar refractivity (Wildman–Crippen MR) is 60.2 cm³/mol. The molecule has 14 heavy (non-hydrogen) atoms. The molecule has 0 radical (unpaired) electrons. The van der Waals surface area contributed by atoms with Crippen molar-refractivity contribution in [3.05, 3.63) is 0 Å². The van der Waals surface area contributed by atoms with Gasteiger partial charge in [0.15, 0.2) is 0 Å². The minimum Gasteiger partial charge on any atom is -0.330 e. The van der Waals surface area contributed by atoms with E-state index in [-0.39, 0.29) is 0 Å². The monoisotopic (exact) mass is 196 g/mol. The van der Waals surface area contributed by atoms with E-state index in [9.17, 15) is 0 Å². The normalized spacial score (nSPS) is 34.7. The highest BCUT2D eigenvalue weighted by molar-refractivity contribution is 4.90. The first-order valence-electron chi connectivity index (χ1n) is 6.29. The number of nitrogens with zero attached hydrogens (tertiary/aromatic N) is 1. The second-order valence-corrected chi connectivity index (χ2v) is 5.04. The molecular formula is C12H24N2. The molecule has 2 rings (SSSR count). The molecule has 82 valence electrons. The van der Waals surface area contributed by atoms with E-state index in [4.69, 9.17) is 5.73 Å². The molecule has 3 unspecified atom stereocenters. The van der Waals surface area contributed by atoms with E-state index in [0.29, 0.717) is 0 Å². The van der Waals surface area contributed by atoms with Crippen LogP contribution in [0.2, 0.25) is 0 Å². The van der Waals surface area contributed by atoms with Crippen LogP contribution in [0.25, 0.3) is 0 Å². The van der Waals surface area contributed by atoms with E-state index in [1.54, 1.807) is 0 Å². The topological polar surface area (TPSA) is 29.3 Å². The molecule has 1 saturated heterocycles. The number of fused-ring (bicyclic) bond motifs is 1. The average Bonchev–Trinajstić information content (AvgIpc) is 2.73. The van der Waals surface area contributed by atoms with Gasteiger partial charge in [-0.1, -0.05) is 13.3 Å². The highest BCUT2D eigenvalue weighted by Gasteiger charge is 2.37. The molecule has 2 N–H and O–H groups in total. The summed E-state index contributed by atoms with van der Waals surface area (Å²) in [5.41, 5.74) is 5.66. The molecule has 2 fully saturated rings. The van der Waals surface area contributed by atoms with Crippen molar-refractivity contribution in [3.8, 4) is 0 Å². The minimum atomic E-state index is 0.769. The summed E-state index contributed by atoms with van der Waals surface area (Å²) in [6.45, 7) is 5.88. The zero-order valence-electron chi connectivity index (χ0n) is 9.41. The number of hydrogen-bond donors (Lipinski definition) is 1. The first-order valence-corrected chi connectivity index (χ1v) is 6.29. The Morgan fingerprint density at radius 1 is 1.29 bits per heavy atom. The highest BCUT2D eigenvalue weighted by atomic mass is 15.2. The fourth-order valence-electron chi connectivity index (χ4n) is 3.41. The van der Waals surface area contributed by atoms with Crippen molar-refractivity contribution in [3.63, 3.8) is 0 Å². The van der Waals surface area contributed by atoms with Crippen molar-refractivity contribution >= 4 is 0 Å².